The van der Waals surface area contributed by atoms with Crippen LogP contribution >= 0.6 is 0 Å². The molecule has 0 N–H and O–H groups in total. The Kier molecular flexibility index (Phi) is 5.14. The predicted octanol–water partition coefficient (Wildman–Crippen LogP) is 4.28. The highest BCUT2D eigenvalue weighted by molar-refractivity contribution is 6.00. The van der Waals surface area contributed by atoms with Gasteiger partial charge in [-0.3, -0.25) is 4.79 Å². The maximum absolute atomic E-state index is 13.7. The molecule has 0 saturated heterocycles. The minimum atomic E-state index is -1.38. The summed E-state index contributed by atoms with van der Waals surface area (Å²) in [5.41, 5.74) is 0.994. The van der Waals surface area contributed by atoms with Gasteiger partial charge < -0.3 is 9.47 Å². The smallest absolute Gasteiger partial charge is 0.333 e. The van der Waals surface area contributed by atoms with E-state index in [1.54, 1.807) is 36.4 Å². The fourth-order valence-corrected chi connectivity index (χ4v) is 4.34. The van der Waals surface area contributed by atoms with E-state index >= 15 is 0 Å². The van der Waals surface area contributed by atoms with Crippen molar-refractivity contribution in [1.29, 1.82) is 5.26 Å². The van der Waals surface area contributed by atoms with Crippen LogP contribution in [0.1, 0.15) is 28.2 Å². The minimum Gasteiger partial charge on any atom is -0.466 e. The second kappa shape index (κ2) is 7.92. The Morgan fingerprint density at radius 3 is 2.48 bits per heavy atom. The first-order chi connectivity index (χ1) is 15.0. The Labute approximate surface area is 180 Å². The first-order valence-corrected chi connectivity index (χ1v) is 9.68. The van der Waals surface area contributed by atoms with E-state index in [0.717, 1.165) is 0 Å². The van der Waals surface area contributed by atoms with Crippen molar-refractivity contribution in [2.45, 2.75) is 11.3 Å². The Bertz CT molecular complexity index is 1230. The number of para-hydroxylation sites is 1. The van der Waals surface area contributed by atoms with Crippen LogP contribution in [0.3, 0.4) is 0 Å². The monoisotopic (exact) mass is 409 g/mol. The van der Waals surface area contributed by atoms with Gasteiger partial charge in [0.05, 0.1) is 18.7 Å². The lowest BCUT2D eigenvalue weighted by Crippen LogP contribution is -2.43. The number of hydrogen-bond acceptors (Lipinski definition) is 5. The summed E-state index contributed by atoms with van der Waals surface area (Å²) >= 11 is 0. The summed E-state index contributed by atoms with van der Waals surface area (Å²) in [6, 6.07) is 25.3. The van der Waals surface area contributed by atoms with Crippen LogP contribution in [-0.2, 0) is 19.7 Å². The van der Waals surface area contributed by atoms with Crippen LogP contribution in [0.2, 0.25) is 0 Å². The van der Waals surface area contributed by atoms with Crippen molar-refractivity contribution in [3.05, 3.63) is 113 Å². The van der Waals surface area contributed by atoms with Gasteiger partial charge in [0.2, 0.25) is 0 Å². The molecule has 3 aromatic rings. The summed E-state index contributed by atoms with van der Waals surface area (Å²) in [5, 5.41) is 9.44. The van der Waals surface area contributed by atoms with Gasteiger partial charge >= 0.3 is 11.9 Å². The van der Waals surface area contributed by atoms with Crippen molar-refractivity contribution in [3.63, 3.8) is 0 Å². The Balaban J connectivity index is 2.10. The highest BCUT2D eigenvalue weighted by atomic mass is 16.5. The molecule has 0 amide bonds. The number of methoxy groups -OCH3 is 1. The van der Waals surface area contributed by atoms with Crippen molar-refractivity contribution >= 4 is 11.9 Å². The van der Waals surface area contributed by atoms with Crippen LogP contribution in [0.25, 0.3) is 0 Å². The molecular weight excluding hydrogens is 390 g/mol. The molecule has 0 fully saturated rings. The maximum Gasteiger partial charge on any atom is 0.333 e. The molecule has 0 unspecified atom stereocenters. The zero-order valence-electron chi connectivity index (χ0n) is 16.9. The molecule has 152 valence electrons. The van der Waals surface area contributed by atoms with Gasteiger partial charge in [-0.15, -0.1) is 0 Å². The van der Waals surface area contributed by atoms with Gasteiger partial charge in [0.1, 0.15) is 11.2 Å². The standard InChI is InChI=1S/C26H19NO4/c1-17(24(28)30-2)23(19-10-8-9-18(15-19)16-27)26(20-11-4-3-5-12-20)21-13-6-7-14-22(21)31-25(26)29/h3-15,23H,1H2,2H3/t23-,26+/m1/s1. The summed E-state index contributed by atoms with van der Waals surface area (Å²) in [4.78, 5) is 26.3. The van der Waals surface area contributed by atoms with Crippen LogP contribution in [0.5, 0.6) is 5.75 Å². The van der Waals surface area contributed by atoms with Crippen molar-refractivity contribution < 1.29 is 19.1 Å². The molecule has 0 aromatic heterocycles. The summed E-state index contributed by atoms with van der Waals surface area (Å²) in [6.45, 7) is 4.01. The van der Waals surface area contributed by atoms with E-state index in [1.165, 1.54) is 7.11 Å². The number of hydrogen-bond donors (Lipinski definition) is 0. The molecule has 1 aliphatic heterocycles. The highest BCUT2D eigenvalue weighted by Gasteiger charge is 2.57. The fourth-order valence-electron chi connectivity index (χ4n) is 4.34. The molecule has 4 rings (SSSR count). The zero-order chi connectivity index (χ0) is 22.0. The van der Waals surface area contributed by atoms with Crippen molar-refractivity contribution in [2.75, 3.05) is 7.11 Å². The van der Waals surface area contributed by atoms with Gasteiger partial charge in [0.25, 0.3) is 0 Å². The van der Waals surface area contributed by atoms with E-state index in [2.05, 4.69) is 12.6 Å². The molecule has 1 heterocycles. The number of fused-ring (bicyclic) bond motifs is 1. The largest absolute Gasteiger partial charge is 0.466 e. The summed E-state index contributed by atoms with van der Waals surface area (Å²) in [5.74, 6) is -1.58. The summed E-state index contributed by atoms with van der Waals surface area (Å²) in [7, 11) is 1.27. The number of benzene rings is 3. The van der Waals surface area contributed by atoms with Crippen LogP contribution in [0.4, 0.5) is 0 Å². The first-order valence-electron chi connectivity index (χ1n) is 9.68. The molecule has 3 aromatic carbocycles. The van der Waals surface area contributed by atoms with Gasteiger partial charge in [0, 0.05) is 17.1 Å². The van der Waals surface area contributed by atoms with Crippen LogP contribution in [0.15, 0.2) is 91.0 Å². The molecule has 0 saturated carbocycles. The molecule has 0 radical (unpaired) electrons. The SMILES string of the molecule is C=C(C(=O)OC)[C@H](c1cccc(C#N)c1)[C@@]1(c2ccccc2)C(=O)Oc2ccccc21. The number of nitrogens with zero attached hydrogens (tertiary/aromatic N) is 1. The lowest BCUT2D eigenvalue weighted by Gasteiger charge is -2.36. The second-order valence-electron chi connectivity index (χ2n) is 7.25. The van der Waals surface area contributed by atoms with Crippen molar-refractivity contribution in [3.8, 4) is 11.8 Å². The Hall–Kier alpha value is -4.17. The Morgan fingerprint density at radius 1 is 1.06 bits per heavy atom. The maximum atomic E-state index is 13.7. The van der Waals surface area contributed by atoms with Gasteiger partial charge in [-0.05, 0) is 29.3 Å². The third-order valence-corrected chi connectivity index (χ3v) is 5.64. The topological polar surface area (TPSA) is 76.4 Å². The number of carbonyl (C=O) groups excluding carboxylic acids is 2. The molecule has 5 heteroatoms. The highest BCUT2D eigenvalue weighted by Crippen LogP contribution is 2.55. The quantitative estimate of drug-likeness (QED) is 0.357. The zero-order valence-corrected chi connectivity index (χ0v) is 16.9. The van der Waals surface area contributed by atoms with Crippen LogP contribution in [0, 0.1) is 11.3 Å². The normalized spacial score (nSPS) is 17.7. The molecule has 2 atom stereocenters. The summed E-state index contributed by atoms with van der Waals surface area (Å²) < 4.78 is 10.7. The molecular formula is C26H19NO4. The average Bonchev–Trinajstić information content (AvgIpc) is 3.11. The third-order valence-electron chi connectivity index (χ3n) is 5.64. The molecule has 1 aliphatic rings. The van der Waals surface area contributed by atoms with E-state index in [1.807, 2.05) is 42.5 Å². The average molecular weight is 409 g/mol. The van der Waals surface area contributed by atoms with E-state index in [9.17, 15) is 14.9 Å². The summed E-state index contributed by atoms with van der Waals surface area (Å²) in [6.07, 6.45) is 0. The van der Waals surface area contributed by atoms with Crippen LogP contribution < -0.4 is 4.74 Å². The van der Waals surface area contributed by atoms with Gasteiger partial charge in [0.15, 0.2) is 0 Å². The number of nitriles is 1. The lowest BCUT2D eigenvalue weighted by molar-refractivity contribution is -0.138. The van der Waals surface area contributed by atoms with Crippen LogP contribution in [-0.4, -0.2) is 19.0 Å². The molecule has 0 aliphatic carbocycles. The van der Waals surface area contributed by atoms with E-state index in [-0.39, 0.29) is 5.57 Å². The van der Waals surface area contributed by atoms with Crippen molar-refractivity contribution in [2.24, 2.45) is 0 Å². The second-order valence-corrected chi connectivity index (χ2v) is 7.25. The van der Waals surface area contributed by atoms with Gasteiger partial charge in [-0.2, -0.15) is 5.26 Å². The fraction of sp³-hybridized carbons (Fsp3) is 0.115. The Morgan fingerprint density at radius 2 is 1.77 bits per heavy atom. The molecule has 0 bridgehead atoms. The lowest BCUT2D eigenvalue weighted by atomic mass is 9.62. The van der Waals surface area contributed by atoms with E-state index in [0.29, 0.717) is 28.0 Å². The van der Waals surface area contributed by atoms with E-state index in [4.69, 9.17) is 9.47 Å². The molecule has 5 nitrogen and oxygen atoms in total. The number of esters is 2. The number of ether oxygens (including phenoxy) is 2. The van der Waals surface area contributed by atoms with Crippen molar-refractivity contribution in [1.82, 2.24) is 0 Å². The van der Waals surface area contributed by atoms with Gasteiger partial charge in [-0.1, -0.05) is 67.2 Å². The number of rotatable bonds is 5. The van der Waals surface area contributed by atoms with Gasteiger partial charge in [-0.25, -0.2) is 4.79 Å². The van der Waals surface area contributed by atoms with E-state index < -0.39 is 23.3 Å². The predicted molar refractivity (Wildman–Crippen MR) is 114 cm³/mol. The molecule has 0 spiro atoms. The number of carbonyl (C=O) groups is 2. The molecule has 31 heavy (non-hydrogen) atoms. The third kappa shape index (κ3) is 3.10. The minimum absolute atomic E-state index is 0.0927. The first kappa shape index (κ1) is 20.1.